The number of piperidine rings is 2. The molecule has 32 heavy (non-hydrogen) atoms. The fraction of sp³-hybridized carbons (Fsp3) is 0.652. The number of methoxy groups -OCH3 is 1. The summed E-state index contributed by atoms with van der Waals surface area (Å²) in [7, 11) is 1.51. The molecular formula is C23H36ClN5O3. The molecule has 9 heteroatoms. The summed E-state index contributed by atoms with van der Waals surface area (Å²) in [5, 5.41) is 3.46. The zero-order chi connectivity index (χ0) is 23.1. The molecule has 0 bridgehead atoms. The van der Waals surface area contributed by atoms with E-state index in [1.165, 1.54) is 7.11 Å². The van der Waals surface area contributed by atoms with E-state index >= 15 is 0 Å². The normalized spacial score (nSPS) is 18.5. The monoisotopic (exact) mass is 465 g/mol. The maximum absolute atomic E-state index is 12.8. The van der Waals surface area contributed by atoms with Crippen molar-refractivity contribution in [2.24, 2.45) is 11.7 Å². The Morgan fingerprint density at radius 2 is 1.84 bits per heavy atom. The Balaban J connectivity index is 1.41. The Morgan fingerprint density at radius 3 is 2.47 bits per heavy atom. The number of hydrogen-bond acceptors (Lipinski definition) is 6. The summed E-state index contributed by atoms with van der Waals surface area (Å²) in [4.78, 5) is 29.4. The zero-order valence-electron chi connectivity index (χ0n) is 18.9. The van der Waals surface area contributed by atoms with Gasteiger partial charge in [0.05, 0.1) is 23.4 Å². The maximum Gasteiger partial charge on any atom is 0.255 e. The highest BCUT2D eigenvalue weighted by Crippen LogP contribution is 2.29. The Hall–Kier alpha value is -2.03. The smallest absolute Gasteiger partial charge is 0.255 e. The highest BCUT2D eigenvalue weighted by Gasteiger charge is 2.27. The number of nitrogens with zero attached hydrogens (tertiary/aromatic N) is 2. The Bertz CT molecular complexity index is 790. The van der Waals surface area contributed by atoms with E-state index in [1.54, 1.807) is 12.1 Å². The Labute approximate surface area is 195 Å². The van der Waals surface area contributed by atoms with Crippen molar-refractivity contribution in [2.45, 2.75) is 44.6 Å². The molecule has 1 aromatic rings. The van der Waals surface area contributed by atoms with E-state index in [2.05, 4.69) is 10.2 Å². The highest BCUT2D eigenvalue weighted by atomic mass is 35.5. The summed E-state index contributed by atoms with van der Waals surface area (Å²) in [6.07, 6.45) is 5.27. The van der Waals surface area contributed by atoms with Gasteiger partial charge in [-0.15, -0.1) is 0 Å². The first-order valence-electron chi connectivity index (χ1n) is 11.5. The minimum Gasteiger partial charge on any atom is -0.496 e. The van der Waals surface area contributed by atoms with Gasteiger partial charge in [-0.2, -0.15) is 0 Å². The van der Waals surface area contributed by atoms with Crippen LogP contribution in [0.3, 0.4) is 0 Å². The number of nitrogens with two attached hydrogens (primary N) is 2. The van der Waals surface area contributed by atoms with Crippen LogP contribution >= 0.6 is 11.6 Å². The van der Waals surface area contributed by atoms with Gasteiger partial charge in [-0.05, 0) is 50.6 Å². The van der Waals surface area contributed by atoms with Gasteiger partial charge in [0.25, 0.3) is 5.91 Å². The molecule has 0 atom stereocenters. The number of likely N-dealkylation sites (tertiary alicyclic amines) is 2. The molecule has 0 unspecified atom stereocenters. The predicted octanol–water partition coefficient (Wildman–Crippen LogP) is 2.10. The number of halogens is 1. The first kappa shape index (κ1) is 24.6. The number of nitrogens with one attached hydrogen (secondary N) is 1. The lowest BCUT2D eigenvalue weighted by atomic mass is 9.94. The third kappa shape index (κ3) is 6.49. The lowest BCUT2D eigenvalue weighted by Crippen LogP contribution is -2.47. The first-order chi connectivity index (χ1) is 15.4. The third-order valence-corrected chi connectivity index (χ3v) is 6.89. The summed E-state index contributed by atoms with van der Waals surface area (Å²) < 4.78 is 5.30. The van der Waals surface area contributed by atoms with E-state index in [4.69, 9.17) is 27.8 Å². The van der Waals surface area contributed by atoms with Crippen LogP contribution in [0.15, 0.2) is 12.1 Å². The second-order valence-corrected chi connectivity index (χ2v) is 9.25. The van der Waals surface area contributed by atoms with Crippen LogP contribution in [-0.2, 0) is 4.79 Å². The lowest BCUT2D eigenvalue weighted by molar-refractivity contribution is -0.132. The zero-order valence-corrected chi connectivity index (χ0v) is 19.7. The van der Waals surface area contributed by atoms with Crippen molar-refractivity contribution in [1.29, 1.82) is 0 Å². The molecule has 2 aliphatic rings. The molecule has 2 heterocycles. The van der Waals surface area contributed by atoms with Gasteiger partial charge in [-0.25, -0.2) is 0 Å². The largest absolute Gasteiger partial charge is 0.496 e. The molecule has 2 aliphatic heterocycles. The van der Waals surface area contributed by atoms with Gasteiger partial charge in [0, 0.05) is 51.3 Å². The number of benzene rings is 1. The van der Waals surface area contributed by atoms with E-state index in [0.29, 0.717) is 40.9 Å². The average molecular weight is 466 g/mol. The number of ether oxygens (including phenoxy) is 1. The minimum absolute atomic E-state index is 0.127. The number of nitrogen functional groups attached to an aromatic ring is 1. The maximum atomic E-state index is 12.8. The molecule has 5 N–H and O–H groups in total. The molecule has 178 valence electrons. The van der Waals surface area contributed by atoms with Crippen molar-refractivity contribution in [3.63, 3.8) is 0 Å². The van der Waals surface area contributed by atoms with Gasteiger partial charge in [-0.3, -0.25) is 9.59 Å². The molecule has 0 spiro atoms. The van der Waals surface area contributed by atoms with E-state index in [0.717, 1.165) is 64.8 Å². The van der Waals surface area contributed by atoms with Crippen molar-refractivity contribution in [3.05, 3.63) is 22.7 Å². The van der Waals surface area contributed by atoms with Gasteiger partial charge in [-0.1, -0.05) is 11.6 Å². The SMILES string of the molecule is COc1cc(N)c(Cl)cc1C(=O)NC1CCN(CC2CCN(C(=O)CCCN)CC2)CC1. The van der Waals surface area contributed by atoms with Crippen molar-refractivity contribution < 1.29 is 14.3 Å². The molecule has 0 aliphatic carbocycles. The molecule has 3 rings (SSSR count). The van der Waals surface area contributed by atoms with Crippen LogP contribution in [0.25, 0.3) is 0 Å². The van der Waals surface area contributed by atoms with Crippen molar-refractivity contribution >= 4 is 29.1 Å². The molecule has 0 radical (unpaired) electrons. The van der Waals surface area contributed by atoms with Gasteiger partial charge in [0.2, 0.25) is 5.91 Å². The van der Waals surface area contributed by atoms with Crippen LogP contribution in [0, 0.1) is 5.92 Å². The van der Waals surface area contributed by atoms with Crippen molar-refractivity contribution in [1.82, 2.24) is 15.1 Å². The summed E-state index contributed by atoms with van der Waals surface area (Å²) >= 11 is 6.10. The van der Waals surface area contributed by atoms with Crippen molar-refractivity contribution in [3.8, 4) is 5.75 Å². The average Bonchev–Trinajstić information content (AvgIpc) is 2.80. The van der Waals surface area contributed by atoms with E-state index in [-0.39, 0.29) is 17.9 Å². The summed E-state index contributed by atoms with van der Waals surface area (Å²) in [5.41, 5.74) is 12.1. The first-order valence-corrected chi connectivity index (χ1v) is 11.9. The molecule has 2 amide bonds. The van der Waals surface area contributed by atoms with E-state index in [9.17, 15) is 9.59 Å². The molecule has 1 aromatic carbocycles. The van der Waals surface area contributed by atoms with Gasteiger partial charge in [0.1, 0.15) is 5.75 Å². The van der Waals surface area contributed by atoms with Crippen molar-refractivity contribution in [2.75, 3.05) is 52.1 Å². The summed E-state index contributed by atoms with van der Waals surface area (Å²) in [6.45, 7) is 5.26. The van der Waals surface area contributed by atoms with Crippen LogP contribution in [0.4, 0.5) is 5.69 Å². The number of rotatable bonds is 8. The minimum atomic E-state index is -0.186. The van der Waals surface area contributed by atoms with Crippen LogP contribution in [0.1, 0.15) is 48.9 Å². The number of carbonyl (C=O) groups is 2. The van der Waals surface area contributed by atoms with E-state index in [1.807, 2.05) is 4.90 Å². The standard InChI is InChI=1S/C23H36ClN5O3/c1-32-21-14-20(26)19(24)13-18(21)23(31)27-17-6-9-28(10-7-17)15-16-4-11-29(12-5-16)22(30)3-2-8-25/h13-14,16-17H,2-12,15,25-26H2,1H3,(H,27,31). The van der Waals surface area contributed by atoms with Gasteiger partial charge >= 0.3 is 0 Å². The number of anilines is 1. The van der Waals surface area contributed by atoms with Crippen LogP contribution in [-0.4, -0.2) is 74.0 Å². The molecule has 0 aromatic heterocycles. The molecular weight excluding hydrogens is 430 g/mol. The topological polar surface area (TPSA) is 114 Å². The molecule has 2 saturated heterocycles. The highest BCUT2D eigenvalue weighted by molar-refractivity contribution is 6.33. The number of hydrogen-bond donors (Lipinski definition) is 3. The molecule has 2 fully saturated rings. The Kier molecular flexibility index (Phi) is 9.02. The number of amides is 2. The predicted molar refractivity (Wildman–Crippen MR) is 127 cm³/mol. The fourth-order valence-corrected chi connectivity index (χ4v) is 4.74. The van der Waals surface area contributed by atoms with Crippen LogP contribution < -0.4 is 21.5 Å². The van der Waals surface area contributed by atoms with Gasteiger partial charge in [0.15, 0.2) is 0 Å². The van der Waals surface area contributed by atoms with Gasteiger partial charge < -0.3 is 31.3 Å². The third-order valence-electron chi connectivity index (χ3n) is 6.56. The lowest BCUT2D eigenvalue weighted by Gasteiger charge is -2.38. The molecule has 0 saturated carbocycles. The van der Waals surface area contributed by atoms with E-state index < -0.39 is 0 Å². The second-order valence-electron chi connectivity index (χ2n) is 8.84. The summed E-state index contributed by atoms with van der Waals surface area (Å²) in [5.74, 6) is 1.11. The van der Waals surface area contributed by atoms with Crippen LogP contribution in [0.2, 0.25) is 5.02 Å². The van der Waals surface area contributed by atoms with Crippen LogP contribution in [0.5, 0.6) is 5.75 Å². The quantitative estimate of drug-likeness (QED) is 0.506. The summed E-state index contributed by atoms with van der Waals surface area (Å²) in [6, 6.07) is 3.27. The second kappa shape index (κ2) is 11.7. The Morgan fingerprint density at radius 1 is 1.16 bits per heavy atom. The molecule has 8 nitrogen and oxygen atoms in total. The number of carbonyl (C=O) groups excluding carboxylic acids is 2. The fourth-order valence-electron chi connectivity index (χ4n) is 4.58.